The predicted molar refractivity (Wildman–Crippen MR) is 91.6 cm³/mol. The molecule has 114 valence electrons. The van der Waals surface area contributed by atoms with Crippen molar-refractivity contribution in [1.82, 2.24) is 5.43 Å². The molecule has 2 rings (SSSR count). The first-order chi connectivity index (χ1) is 10.5. The molecule has 0 aromatic heterocycles. The van der Waals surface area contributed by atoms with E-state index in [9.17, 15) is 9.90 Å². The SMILES string of the molecule is COc1cc(Br)c(O)c(/C=N\NC(=O)c2ccc(Br)cc2)c1. The highest BCUT2D eigenvalue weighted by molar-refractivity contribution is 9.10. The van der Waals surface area contributed by atoms with E-state index in [1.165, 1.54) is 13.3 Å². The van der Waals surface area contributed by atoms with Crippen molar-refractivity contribution in [1.29, 1.82) is 0 Å². The van der Waals surface area contributed by atoms with Gasteiger partial charge in [-0.2, -0.15) is 5.10 Å². The number of benzene rings is 2. The van der Waals surface area contributed by atoms with Gasteiger partial charge in [-0.1, -0.05) is 15.9 Å². The van der Waals surface area contributed by atoms with Crippen LogP contribution in [0.25, 0.3) is 0 Å². The fraction of sp³-hybridized carbons (Fsp3) is 0.0667. The van der Waals surface area contributed by atoms with Crippen molar-refractivity contribution in [2.24, 2.45) is 5.10 Å². The van der Waals surface area contributed by atoms with E-state index in [-0.39, 0.29) is 11.7 Å². The van der Waals surface area contributed by atoms with E-state index in [1.54, 1.807) is 36.4 Å². The van der Waals surface area contributed by atoms with Crippen LogP contribution in [0.1, 0.15) is 15.9 Å². The van der Waals surface area contributed by atoms with E-state index < -0.39 is 0 Å². The van der Waals surface area contributed by atoms with Crippen molar-refractivity contribution in [2.75, 3.05) is 7.11 Å². The van der Waals surface area contributed by atoms with Crippen LogP contribution >= 0.6 is 31.9 Å². The molecule has 0 aliphatic rings. The van der Waals surface area contributed by atoms with Crippen molar-refractivity contribution in [3.05, 3.63) is 56.5 Å². The van der Waals surface area contributed by atoms with Crippen LogP contribution in [0.3, 0.4) is 0 Å². The number of carbonyl (C=O) groups is 1. The quantitative estimate of drug-likeness (QED) is 0.577. The molecule has 5 nitrogen and oxygen atoms in total. The van der Waals surface area contributed by atoms with Gasteiger partial charge in [0.2, 0.25) is 0 Å². The minimum absolute atomic E-state index is 0.0161. The van der Waals surface area contributed by atoms with Gasteiger partial charge < -0.3 is 9.84 Å². The lowest BCUT2D eigenvalue weighted by Gasteiger charge is -2.06. The number of ether oxygens (including phenoxy) is 1. The van der Waals surface area contributed by atoms with Gasteiger partial charge in [-0.15, -0.1) is 0 Å². The average Bonchev–Trinajstić information content (AvgIpc) is 2.51. The Labute approximate surface area is 144 Å². The number of phenolic OH excluding ortho intramolecular Hbond substituents is 1. The minimum Gasteiger partial charge on any atom is -0.506 e. The lowest BCUT2D eigenvalue weighted by molar-refractivity contribution is 0.0955. The molecule has 0 radical (unpaired) electrons. The summed E-state index contributed by atoms with van der Waals surface area (Å²) < 4.78 is 6.47. The van der Waals surface area contributed by atoms with Crippen molar-refractivity contribution in [3.63, 3.8) is 0 Å². The summed E-state index contributed by atoms with van der Waals surface area (Å²) in [5, 5.41) is 13.8. The van der Waals surface area contributed by atoms with Gasteiger partial charge in [0.15, 0.2) is 0 Å². The Morgan fingerprint density at radius 2 is 1.95 bits per heavy atom. The highest BCUT2D eigenvalue weighted by Crippen LogP contribution is 2.31. The zero-order chi connectivity index (χ0) is 16.1. The van der Waals surface area contributed by atoms with Gasteiger partial charge in [-0.05, 0) is 52.3 Å². The lowest BCUT2D eigenvalue weighted by atomic mass is 10.2. The number of aromatic hydroxyl groups is 1. The number of phenols is 1. The molecular weight excluding hydrogens is 416 g/mol. The maximum atomic E-state index is 11.9. The highest BCUT2D eigenvalue weighted by Gasteiger charge is 2.07. The first-order valence-corrected chi connectivity index (χ1v) is 7.75. The Balaban J connectivity index is 2.11. The maximum Gasteiger partial charge on any atom is 0.271 e. The molecule has 0 spiro atoms. The molecular formula is C15H12Br2N2O3. The average molecular weight is 428 g/mol. The monoisotopic (exact) mass is 426 g/mol. The number of hydrazone groups is 1. The summed E-state index contributed by atoms with van der Waals surface area (Å²) in [7, 11) is 1.52. The summed E-state index contributed by atoms with van der Waals surface area (Å²) in [6.45, 7) is 0. The normalized spacial score (nSPS) is 10.7. The van der Waals surface area contributed by atoms with Crippen molar-refractivity contribution < 1.29 is 14.6 Å². The summed E-state index contributed by atoms with van der Waals surface area (Å²) in [6, 6.07) is 10.1. The predicted octanol–water partition coefficient (Wildman–Crippen LogP) is 3.69. The zero-order valence-corrected chi connectivity index (χ0v) is 14.7. The van der Waals surface area contributed by atoms with Gasteiger partial charge in [-0.3, -0.25) is 4.79 Å². The Kier molecular flexibility index (Phi) is 5.57. The van der Waals surface area contributed by atoms with Crippen LogP contribution < -0.4 is 10.2 Å². The maximum absolute atomic E-state index is 11.9. The first kappa shape index (κ1) is 16.5. The van der Waals surface area contributed by atoms with Crippen LogP contribution in [0.4, 0.5) is 0 Å². The van der Waals surface area contributed by atoms with Crippen LogP contribution in [0.5, 0.6) is 11.5 Å². The van der Waals surface area contributed by atoms with Gasteiger partial charge in [0, 0.05) is 15.6 Å². The highest BCUT2D eigenvalue weighted by atomic mass is 79.9. The number of amides is 1. The summed E-state index contributed by atoms with van der Waals surface area (Å²) >= 11 is 6.52. The second-order valence-corrected chi connectivity index (χ2v) is 6.02. The third-order valence-corrected chi connectivity index (χ3v) is 3.91. The number of nitrogens with zero attached hydrogens (tertiary/aromatic N) is 1. The minimum atomic E-state index is -0.342. The van der Waals surface area contributed by atoms with E-state index in [2.05, 4.69) is 42.4 Å². The van der Waals surface area contributed by atoms with Gasteiger partial charge in [0.1, 0.15) is 11.5 Å². The van der Waals surface area contributed by atoms with Gasteiger partial charge in [0.05, 0.1) is 17.8 Å². The van der Waals surface area contributed by atoms with E-state index >= 15 is 0 Å². The topological polar surface area (TPSA) is 70.9 Å². The van der Waals surface area contributed by atoms with E-state index in [0.29, 0.717) is 21.3 Å². The second kappa shape index (κ2) is 7.42. The van der Waals surface area contributed by atoms with Crippen molar-refractivity contribution in [3.8, 4) is 11.5 Å². The number of rotatable bonds is 4. The molecule has 0 bridgehead atoms. The van der Waals surface area contributed by atoms with E-state index in [4.69, 9.17) is 4.74 Å². The zero-order valence-electron chi connectivity index (χ0n) is 11.5. The molecule has 0 saturated heterocycles. The number of methoxy groups -OCH3 is 1. The fourth-order valence-corrected chi connectivity index (χ4v) is 2.36. The van der Waals surface area contributed by atoms with Gasteiger partial charge >= 0.3 is 0 Å². The second-order valence-electron chi connectivity index (χ2n) is 4.25. The van der Waals surface area contributed by atoms with Crippen LogP contribution in [0, 0.1) is 0 Å². The molecule has 0 unspecified atom stereocenters. The molecule has 2 aromatic rings. The van der Waals surface area contributed by atoms with Gasteiger partial charge in [0.25, 0.3) is 5.91 Å². The Morgan fingerprint density at radius 1 is 1.27 bits per heavy atom. The number of hydrogen-bond donors (Lipinski definition) is 2. The van der Waals surface area contributed by atoms with Crippen molar-refractivity contribution >= 4 is 44.0 Å². The fourth-order valence-electron chi connectivity index (χ4n) is 1.64. The molecule has 0 fully saturated rings. The summed E-state index contributed by atoms with van der Waals surface area (Å²) in [5.41, 5.74) is 3.30. The molecule has 2 N–H and O–H groups in total. The van der Waals surface area contributed by atoms with Crippen LogP contribution in [-0.4, -0.2) is 24.3 Å². The molecule has 0 aliphatic heterocycles. The third kappa shape index (κ3) is 4.08. The third-order valence-electron chi connectivity index (χ3n) is 2.78. The number of halogens is 2. The number of hydrogen-bond acceptors (Lipinski definition) is 4. The lowest BCUT2D eigenvalue weighted by Crippen LogP contribution is -2.17. The smallest absolute Gasteiger partial charge is 0.271 e. The number of carbonyl (C=O) groups excluding carboxylic acids is 1. The van der Waals surface area contributed by atoms with Crippen LogP contribution in [0.2, 0.25) is 0 Å². The standard InChI is InChI=1S/C15H12Br2N2O3/c1-22-12-6-10(14(20)13(17)7-12)8-18-19-15(21)9-2-4-11(16)5-3-9/h2-8,20H,1H3,(H,19,21)/b18-8-. The number of nitrogens with one attached hydrogen (secondary N) is 1. The Hall–Kier alpha value is -1.86. The Bertz CT molecular complexity index is 715. The van der Waals surface area contributed by atoms with Crippen molar-refractivity contribution in [2.45, 2.75) is 0 Å². The molecule has 22 heavy (non-hydrogen) atoms. The summed E-state index contributed by atoms with van der Waals surface area (Å²) in [4.78, 5) is 11.9. The molecule has 0 aliphatic carbocycles. The molecule has 0 saturated carbocycles. The van der Waals surface area contributed by atoms with Crippen LogP contribution in [0.15, 0.2) is 50.4 Å². The van der Waals surface area contributed by atoms with E-state index in [0.717, 1.165) is 4.47 Å². The van der Waals surface area contributed by atoms with Gasteiger partial charge in [-0.25, -0.2) is 5.43 Å². The summed E-state index contributed by atoms with van der Waals surface area (Å²) in [6.07, 6.45) is 1.35. The largest absolute Gasteiger partial charge is 0.506 e. The van der Waals surface area contributed by atoms with Crippen LogP contribution in [-0.2, 0) is 0 Å². The molecule has 7 heteroatoms. The molecule has 2 aromatic carbocycles. The molecule has 0 atom stereocenters. The first-order valence-electron chi connectivity index (χ1n) is 6.16. The molecule has 1 amide bonds. The summed E-state index contributed by atoms with van der Waals surface area (Å²) in [5.74, 6) is 0.234. The van der Waals surface area contributed by atoms with E-state index in [1.807, 2.05) is 0 Å². The molecule has 0 heterocycles. The Morgan fingerprint density at radius 3 is 2.59 bits per heavy atom.